The number of hydrogen-bond acceptors (Lipinski definition) is 4. The molecule has 0 amide bonds. The van der Waals surface area contributed by atoms with E-state index < -0.39 is 5.97 Å². The van der Waals surface area contributed by atoms with Gasteiger partial charge in [-0.2, -0.15) is 0 Å². The maximum absolute atomic E-state index is 11.7. The van der Waals surface area contributed by atoms with Crippen LogP contribution in [0, 0.1) is 17.8 Å². The van der Waals surface area contributed by atoms with Crippen molar-refractivity contribution < 1.29 is 19.1 Å². The first-order valence-electron chi connectivity index (χ1n) is 6.03. The highest BCUT2D eigenvalue weighted by molar-refractivity contribution is 5.78. The Morgan fingerprint density at radius 1 is 1.19 bits per heavy atom. The van der Waals surface area contributed by atoms with E-state index in [0.717, 1.165) is 12.8 Å². The highest BCUT2D eigenvalue weighted by Crippen LogP contribution is 2.48. The van der Waals surface area contributed by atoms with Crippen molar-refractivity contribution in [3.63, 3.8) is 0 Å². The van der Waals surface area contributed by atoms with Crippen LogP contribution in [0.4, 0.5) is 0 Å². The summed E-state index contributed by atoms with van der Waals surface area (Å²) in [4.78, 5) is 22.7. The summed E-state index contributed by atoms with van der Waals surface area (Å²) in [6, 6.07) is 0. The number of rotatable bonds is 4. The van der Waals surface area contributed by atoms with Crippen molar-refractivity contribution >= 4 is 11.9 Å². The Kier molecular flexibility index (Phi) is 3.46. The molecule has 2 aliphatic carbocycles. The summed E-state index contributed by atoms with van der Waals surface area (Å²) in [5.41, 5.74) is 0. The van der Waals surface area contributed by atoms with E-state index in [0.29, 0.717) is 18.4 Å². The Morgan fingerprint density at radius 3 is 2.56 bits per heavy atom. The van der Waals surface area contributed by atoms with E-state index in [2.05, 4.69) is 0 Å². The highest BCUT2D eigenvalue weighted by Gasteiger charge is 2.43. The monoisotopic (exact) mass is 226 g/mol. The van der Waals surface area contributed by atoms with Crippen LogP contribution in [0.25, 0.3) is 0 Å². The Hall–Kier alpha value is -1.06. The van der Waals surface area contributed by atoms with Crippen LogP contribution < -0.4 is 0 Å². The van der Waals surface area contributed by atoms with Crippen molar-refractivity contribution in [3.8, 4) is 0 Å². The Balaban J connectivity index is 1.74. The molecule has 4 nitrogen and oxygen atoms in total. The standard InChI is InChI=1S/C12H18O4/c1-2-15-11(13)7-16-12(14)10-6-8-3-4-9(10)5-8/h8-10H,2-7H2,1H3. The van der Waals surface area contributed by atoms with Gasteiger partial charge in [-0.1, -0.05) is 6.42 Å². The minimum atomic E-state index is -0.459. The fourth-order valence-electron chi connectivity index (χ4n) is 2.97. The molecule has 2 aliphatic rings. The lowest BCUT2D eigenvalue weighted by Gasteiger charge is -2.19. The molecule has 3 atom stereocenters. The van der Waals surface area contributed by atoms with Crippen LogP contribution in [-0.2, 0) is 19.1 Å². The lowest BCUT2D eigenvalue weighted by Crippen LogP contribution is -2.26. The van der Waals surface area contributed by atoms with Gasteiger partial charge in [0.15, 0.2) is 6.61 Å². The molecule has 2 saturated carbocycles. The molecule has 0 aromatic heterocycles. The molecule has 0 N–H and O–H groups in total. The van der Waals surface area contributed by atoms with E-state index in [9.17, 15) is 9.59 Å². The number of carbonyl (C=O) groups is 2. The maximum Gasteiger partial charge on any atom is 0.344 e. The predicted octanol–water partition coefficient (Wildman–Crippen LogP) is 1.53. The van der Waals surface area contributed by atoms with Gasteiger partial charge >= 0.3 is 11.9 Å². The second-order valence-corrected chi connectivity index (χ2v) is 4.69. The quantitative estimate of drug-likeness (QED) is 0.682. The molecule has 90 valence electrons. The van der Waals surface area contributed by atoms with Gasteiger partial charge in [0.2, 0.25) is 0 Å². The van der Waals surface area contributed by atoms with Crippen molar-refractivity contribution in [2.45, 2.75) is 32.6 Å². The van der Waals surface area contributed by atoms with Crippen LogP contribution in [0.2, 0.25) is 0 Å². The van der Waals surface area contributed by atoms with Crippen LogP contribution in [-0.4, -0.2) is 25.2 Å². The Morgan fingerprint density at radius 2 is 2.00 bits per heavy atom. The summed E-state index contributed by atoms with van der Waals surface area (Å²) in [5, 5.41) is 0. The van der Waals surface area contributed by atoms with Crippen LogP contribution in [0.3, 0.4) is 0 Å². The predicted molar refractivity (Wildman–Crippen MR) is 56.5 cm³/mol. The molecular weight excluding hydrogens is 208 g/mol. The molecule has 4 heteroatoms. The fourth-order valence-corrected chi connectivity index (χ4v) is 2.97. The zero-order valence-corrected chi connectivity index (χ0v) is 9.61. The summed E-state index contributed by atoms with van der Waals surface area (Å²) in [5.74, 6) is 0.581. The van der Waals surface area contributed by atoms with Gasteiger partial charge in [-0.15, -0.1) is 0 Å². The molecule has 16 heavy (non-hydrogen) atoms. The van der Waals surface area contributed by atoms with Gasteiger partial charge in [0.25, 0.3) is 0 Å². The molecule has 0 heterocycles. The van der Waals surface area contributed by atoms with Crippen molar-refractivity contribution in [2.24, 2.45) is 17.8 Å². The molecule has 0 radical (unpaired) electrons. The second kappa shape index (κ2) is 4.85. The highest BCUT2D eigenvalue weighted by atomic mass is 16.6. The van der Waals surface area contributed by atoms with Gasteiger partial charge in [-0.05, 0) is 38.0 Å². The number of ether oxygens (including phenoxy) is 2. The summed E-state index contributed by atoms with van der Waals surface area (Å²) in [6.07, 6.45) is 4.52. The summed E-state index contributed by atoms with van der Waals surface area (Å²) >= 11 is 0. The summed E-state index contributed by atoms with van der Waals surface area (Å²) < 4.78 is 9.68. The molecule has 0 saturated heterocycles. The topological polar surface area (TPSA) is 52.6 Å². The third-order valence-electron chi connectivity index (χ3n) is 3.68. The van der Waals surface area contributed by atoms with Crippen LogP contribution in [0.1, 0.15) is 32.6 Å². The third kappa shape index (κ3) is 2.36. The lowest BCUT2D eigenvalue weighted by atomic mass is 9.89. The molecule has 0 aliphatic heterocycles. The molecule has 2 rings (SSSR count). The third-order valence-corrected chi connectivity index (χ3v) is 3.68. The number of hydrogen-bond donors (Lipinski definition) is 0. The van der Waals surface area contributed by atoms with E-state index in [-0.39, 0.29) is 18.5 Å². The van der Waals surface area contributed by atoms with Gasteiger partial charge in [0.05, 0.1) is 12.5 Å². The average Bonchev–Trinajstić information content (AvgIpc) is 2.88. The smallest absolute Gasteiger partial charge is 0.344 e. The molecule has 2 bridgehead atoms. The van der Waals surface area contributed by atoms with Crippen LogP contribution in [0.15, 0.2) is 0 Å². The first kappa shape index (κ1) is 11.4. The fraction of sp³-hybridized carbons (Fsp3) is 0.833. The molecule has 0 aromatic carbocycles. The molecule has 2 fully saturated rings. The Bertz CT molecular complexity index is 287. The number of carbonyl (C=O) groups excluding carboxylic acids is 2. The van der Waals surface area contributed by atoms with Crippen molar-refractivity contribution in [3.05, 3.63) is 0 Å². The normalized spacial score (nSPS) is 31.4. The van der Waals surface area contributed by atoms with Gasteiger partial charge in [-0.3, -0.25) is 4.79 Å². The number of fused-ring (bicyclic) bond motifs is 2. The number of esters is 2. The van der Waals surface area contributed by atoms with Crippen LogP contribution >= 0.6 is 0 Å². The minimum Gasteiger partial charge on any atom is -0.463 e. The Labute approximate surface area is 95.3 Å². The van der Waals surface area contributed by atoms with Crippen molar-refractivity contribution in [1.29, 1.82) is 0 Å². The van der Waals surface area contributed by atoms with E-state index in [1.165, 1.54) is 12.8 Å². The zero-order valence-electron chi connectivity index (χ0n) is 9.61. The maximum atomic E-state index is 11.7. The SMILES string of the molecule is CCOC(=O)COC(=O)C1CC2CCC1C2. The molecule has 0 spiro atoms. The summed E-state index contributed by atoms with van der Waals surface area (Å²) in [7, 11) is 0. The molecule has 0 aromatic rings. The molecular formula is C12H18O4. The van der Waals surface area contributed by atoms with Gasteiger partial charge in [-0.25, -0.2) is 4.79 Å². The van der Waals surface area contributed by atoms with Crippen molar-refractivity contribution in [1.82, 2.24) is 0 Å². The van der Waals surface area contributed by atoms with Crippen molar-refractivity contribution in [2.75, 3.05) is 13.2 Å². The van der Waals surface area contributed by atoms with E-state index in [1.807, 2.05) is 0 Å². The second-order valence-electron chi connectivity index (χ2n) is 4.69. The largest absolute Gasteiger partial charge is 0.463 e. The van der Waals surface area contributed by atoms with E-state index in [1.54, 1.807) is 6.92 Å². The van der Waals surface area contributed by atoms with Gasteiger partial charge < -0.3 is 9.47 Å². The first-order valence-corrected chi connectivity index (χ1v) is 6.03. The first-order chi connectivity index (χ1) is 7.70. The van der Waals surface area contributed by atoms with Crippen LogP contribution in [0.5, 0.6) is 0 Å². The average molecular weight is 226 g/mol. The van der Waals surface area contributed by atoms with E-state index in [4.69, 9.17) is 9.47 Å². The summed E-state index contributed by atoms with van der Waals surface area (Å²) in [6.45, 7) is 1.82. The minimum absolute atomic E-state index is 0.0353. The molecule has 3 unspecified atom stereocenters. The lowest BCUT2D eigenvalue weighted by molar-refractivity contribution is -0.162. The van der Waals surface area contributed by atoms with Gasteiger partial charge in [0, 0.05) is 0 Å². The van der Waals surface area contributed by atoms with E-state index >= 15 is 0 Å². The van der Waals surface area contributed by atoms with Gasteiger partial charge in [0.1, 0.15) is 0 Å². The zero-order chi connectivity index (χ0) is 11.5.